The van der Waals surface area contributed by atoms with Gasteiger partial charge in [0.25, 0.3) is 0 Å². The van der Waals surface area contributed by atoms with Crippen molar-refractivity contribution in [1.29, 1.82) is 0 Å². The van der Waals surface area contributed by atoms with Crippen LogP contribution in [0.4, 0.5) is 0 Å². The zero-order valence-electron chi connectivity index (χ0n) is 11.4. The third kappa shape index (κ3) is 4.89. The highest BCUT2D eigenvalue weighted by molar-refractivity contribution is 7.58. The van der Waals surface area contributed by atoms with Crippen LogP contribution in [0.2, 0.25) is 0 Å². The Bertz CT molecular complexity index is 403. The number of carboxylic acid groups (broad SMARTS) is 2. The monoisotopic (exact) mass is 308 g/mol. The fourth-order valence-corrected chi connectivity index (χ4v) is 4.37. The van der Waals surface area contributed by atoms with E-state index in [0.29, 0.717) is 13.0 Å². The topological polar surface area (TPSA) is 121 Å². The molecule has 116 valence electrons. The van der Waals surface area contributed by atoms with Crippen molar-refractivity contribution in [2.45, 2.75) is 44.4 Å². The fraction of sp³-hybridized carbons (Fsp3) is 0.833. The van der Waals surface area contributed by atoms with E-state index in [2.05, 4.69) is 0 Å². The first-order valence-corrected chi connectivity index (χ1v) is 8.53. The molecule has 1 fully saturated rings. The van der Waals surface area contributed by atoms with Gasteiger partial charge < -0.3 is 19.8 Å². The van der Waals surface area contributed by atoms with E-state index in [9.17, 15) is 19.0 Å². The lowest BCUT2D eigenvalue weighted by Crippen LogP contribution is -2.27. The van der Waals surface area contributed by atoms with Gasteiger partial charge in [0, 0.05) is 19.2 Å². The molecule has 1 aliphatic heterocycles. The highest BCUT2D eigenvalue weighted by Gasteiger charge is 2.39. The van der Waals surface area contributed by atoms with E-state index in [4.69, 9.17) is 14.9 Å². The summed E-state index contributed by atoms with van der Waals surface area (Å²) in [5.74, 6) is -3.47. The maximum absolute atomic E-state index is 12.3. The summed E-state index contributed by atoms with van der Waals surface area (Å²) >= 11 is 0. The van der Waals surface area contributed by atoms with Gasteiger partial charge in [0.1, 0.15) is 0 Å². The molecule has 4 atom stereocenters. The molecular weight excluding hydrogens is 287 g/mol. The van der Waals surface area contributed by atoms with E-state index >= 15 is 0 Å². The van der Waals surface area contributed by atoms with Gasteiger partial charge in [0.15, 0.2) is 0 Å². The second-order valence-corrected chi connectivity index (χ2v) is 7.89. The van der Waals surface area contributed by atoms with Crippen molar-refractivity contribution in [3.05, 3.63) is 0 Å². The van der Waals surface area contributed by atoms with Crippen LogP contribution in [0.15, 0.2) is 0 Å². The minimum atomic E-state index is -3.70. The molecule has 0 amide bonds. The van der Waals surface area contributed by atoms with Crippen LogP contribution in [0, 0.1) is 5.92 Å². The molecule has 1 aliphatic rings. The number of carboxylic acids is 2. The average molecular weight is 308 g/mol. The predicted molar refractivity (Wildman–Crippen MR) is 71.1 cm³/mol. The first kappa shape index (κ1) is 17.1. The van der Waals surface area contributed by atoms with E-state index in [-0.39, 0.29) is 18.9 Å². The van der Waals surface area contributed by atoms with Gasteiger partial charge in [-0.05, 0) is 19.3 Å². The number of ether oxygens (including phenoxy) is 1. The molecule has 8 heteroatoms. The lowest BCUT2D eigenvalue weighted by atomic mass is 10.1. The van der Waals surface area contributed by atoms with E-state index in [1.165, 1.54) is 0 Å². The minimum absolute atomic E-state index is 0.145. The van der Waals surface area contributed by atoms with Gasteiger partial charge in [-0.25, -0.2) is 0 Å². The summed E-state index contributed by atoms with van der Waals surface area (Å²) in [7, 11) is -3.70. The maximum atomic E-state index is 12.3. The van der Waals surface area contributed by atoms with E-state index in [0.717, 1.165) is 6.42 Å². The number of hydrogen-bond acceptors (Lipinski definition) is 4. The zero-order valence-corrected chi connectivity index (χ0v) is 12.3. The number of carbonyl (C=O) groups is 2. The lowest BCUT2D eigenvalue weighted by molar-refractivity contribution is -0.142. The summed E-state index contributed by atoms with van der Waals surface area (Å²) < 4.78 is 17.7. The largest absolute Gasteiger partial charge is 0.481 e. The summed E-state index contributed by atoms with van der Waals surface area (Å²) in [6.07, 6.45) is 0.324. The second-order valence-electron chi connectivity index (χ2n) is 5.20. The Kier molecular flexibility index (Phi) is 6.17. The van der Waals surface area contributed by atoms with Crippen LogP contribution in [0.25, 0.3) is 0 Å². The Morgan fingerprint density at radius 3 is 2.50 bits per heavy atom. The van der Waals surface area contributed by atoms with Crippen LogP contribution >= 0.6 is 7.37 Å². The Labute approximate surface area is 117 Å². The summed E-state index contributed by atoms with van der Waals surface area (Å²) in [6, 6.07) is 0. The van der Waals surface area contributed by atoms with E-state index < -0.39 is 37.0 Å². The molecule has 1 heterocycles. The normalized spacial score (nSPS) is 24.8. The van der Waals surface area contributed by atoms with Crippen LogP contribution in [0.5, 0.6) is 0 Å². The number of rotatable bonds is 8. The smallest absolute Gasteiger partial charge is 0.307 e. The molecule has 0 aromatic carbocycles. The van der Waals surface area contributed by atoms with Crippen molar-refractivity contribution in [3.63, 3.8) is 0 Å². The molecule has 4 unspecified atom stereocenters. The fourth-order valence-electron chi connectivity index (χ4n) is 2.32. The molecule has 0 saturated carbocycles. The third-order valence-electron chi connectivity index (χ3n) is 3.68. The molecule has 0 aromatic heterocycles. The molecule has 1 rings (SSSR count). The first-order chi connectivity index (χ1) is 9.24. The van der Waals surface area contributed by atoms with Gasteiger partial charge in [-0.2, -0.15) is 0 Å². The van der Waals surface area contributed by atoms with Crippen molar-refractivity contribution in [2.75, 3.05) is 12.8 Å². The summed E-state index contributed by atoms with van der Waals surface area (Å²) in [5.41, 5.74) is -0.628. The van der Waals surface area contributed by atoms with Crippen LogP contribution < -0.4 is 0 Å². The van der Waals surface area contributed by atoms with Crippen molar-refractivity contribution in [2.24, 2.45) is 5.92 Å². The van der Waals surface area contributed by atoms with Crippen molar-refractivity contribution in [3.8, 4) is 0 Å². The Morgan fingerprint density at radius 1 is 1.40 bits per heavy atom. The zero-order chi connectivity index (χ0) is 15.3. The van der Waals surface area contributed by atoms with Gasteiger partial charge in [0.2, 0.25) is 7.37 Å². The Morgan fingerprint density at radius 2 is 2.05 bits per heavy atom. The van der Waals surface area contributed by atoms with Crippen LogP contribution in [-0.4, -0.2) is 51.6 Å². The molecule has 0 bridgehead atoms. The molecule has 0 aliphatic carbocycles. The van der Waals surface area contributed by atoms with Gasteiger partial charge in [-0.1, -0.05) is 6.92 Å². The van der Waals surface area contributed by atoms with E-state index in [1.807, 2.05) is 0 Å². The summed E-state index contributed by atoms with van der Waals surface area (Å²) in [4.78, 5) is 31.7. The third-order valence-corrected chi connectivity index (χ3v) is 6.25. The van der Waals surface area contributed by atoms with Crippen LogP contribution in [0.1, 0.15) is 32.6 Å². The van der Waals surface area contributed by atoms with Gasteiger partial charge in [0.05, 0.1) is 17.7 Å². The lowest BCUT2D eigenvalue weighted by Gasteiger charge is -2.26. The standard InChI is InChI=1S/C12H21O7P/c1-8(10-3-2-6-19-10)20(17,18)7-9(12(15)16)4-5-11(13)14/h8-10H,2-7H2,1H3,(H,13,14)(H,15,16)(H,17,18). The molecule has 0 radical (unpaired) electrons. The predicted octanol–water partition coefficient (Wildman–Crippen LogP) is 1.39. The molecule has 7 nitrogen and oxygen atoms in total. The maximum Gasteiger partial charge on any atom is 0.307 e. The van der Waals surface area contributed by atoms with Gasteiger partial charge >= 0.3 is 11.9 Å². The molecular formula is C12H21O7P. The summed E-state index contributed by atoms with van der Waals surface area (Å²) in [6.45, 7) is 2.14. The van der Waals surface area contributed by atoms with Crippen molar-refractivity contribution in [1.82, 2.24) is 0 Å². The van der Waals surface area contributed by atoms with Crippen LogP contribution in [-0.2, 0) is 18.9 Å². The molecule has 3 N–H and O–H groups in total. The van der Waals surface area contributed by atoms with Crippen LogP contribution in [0.3, 0.4) is 0 Å². The summed E-state index contributed by atoms with van der Waals surface area (Å²) in [5, 5.41) is 17.6. The second kappa shape index (κ2) is 7.20. The highest BCUT2D eigenvalue weighted by atomic mass is 31.2. The average Bonchev–Trinajstić information content (AvgIpc) is 2.86. The highest BCUT2D eigenvalue weighted by Crippen LogP contribution is 2.51. The van der Waals surface area contributed by atoms with Gasteiger partial charge in [-0.15, -0.1) is 0 Å². The van der Waals surface area contributed by atoms with E-state index in [1.54, 1.807) is 6.92 Å². The SMILES string of the molecule is CC(C1CCCO1)P(=O)(O)CC(CCC(=O)O)C(=O)O. The number of hydrogen-bond donors (Lipinski definition) is 3. The molecule has 0 aromatic rings. The molecule has 20 heavy (non-hydrogen) atoms. The number of aliphatic carboxylic acids is 2. The Hall–Kier alpha value is -0.910. The molecule has 1 saturated heterocycles. The minimum Gasteiger partial charge on any atom is -0.481 e. The Balaban J connectivity index is 2.66. The van der Waals surface area contributed by atoms with Gasteiger partial charge in [-0.3, -0.25) is 14.2 Å². The van der Waals surface area contributed by atoms with Crippen molar-refractivity contribution >= 4 is 19.3 Å². The quantitative estimate of drug-likeness (QED) is 0.579. The van der Waals surface area contributed by atoms with Crippen molar-refractivity contribution < 1.29 is 34.0 Å². The molecule has 0 spiro atoms. The first-order valence-electron chi connectivity index (χ1n) is 6.61.